The third kappa shape index (κ3) is 3.62. The highest BCUT2D eigenvalue weighted by Crippen LogP contribution is 2.26. The number of hydrogen-bond donors (Lipinski definition) is 2. The van der Waals surface area contributed by atoms with E-state index in [1.54, 1.807) is 7.11 Å². The van der Waals surface area contributed by atoms with Crippen molar-refractivity contribution in [2.24, 2.45) is 0 Å². The number of nitrogens with one attached hydrogen (secondary N) is 1. The van der Waals surface area contributed by atoms with Gasteiger partial charge >= 0.3 is 0 Å². The van der Waals surface area contributed by atoms with Crippen LogP contribution in [0.15, 0.2) is 30.6 Å². The molecule has 1 heterocycles. The maximum atomic E-state index is 5.94. The molecule has 5 heteroatoms. The number of nitrogen functional groups attached to an aromatic ring is 1. The molecule has 112 valence electrons. The molecule has 0 bridgehead atoms. The molecule has 0 spiro atoms. The molecule has 0 fully saturated rings. The summed E-state index contributed by atoms with van der Waals surface area (Å²) in [4.78, 5) is 8.36. The average molecular weight is 286 g/mol. The van der Waals surface area contributed by atoms with Crippen molar-refractivity contribution in [3.8, 4) is 5.75 Å². The lowest BCUT2D eigenvalue weighted by molar-refractivity contribution is 0.410. The zero-order valence-corrected chi connectivity index (χ0v) is 12.8. The van der Waals surface area contributed by atoms with Gasteiger partial charge in [-0.25, -0.2) is 9.97 Å². The molecule has 5 nitrogen and oxygen atoms in total. The third-order valence-corrected chi connectivity index (χ3v) is 3.37. The van der Waals surface area contributed by atoms with Gasteiger partial charge in [0, 0.05) is 12.1 Å². The summed E-state index contributed by atoms with van der Waals surface area (Å²) in [7, 11) is 1.69. The van der Waals surface area contributed by atoms with Gasteiger partial charge in [-0.05, 0) is 24.0 Å². The van der Waals surface area contributed by atoms with Crippen molar-refractivity contribution in [3.05, 3.63) is 41.7 Å². The van der Waals surface area contributed by atoms with Crippen LogP contribution in [0.3, 0.4) is 0 Å². The minimum Gasteiger partial charge on any atom is -0.496 e. The number of ether oxygens (including phenoxy) is 1. The number of anilines is 2. The zero-order chi connectivity index (χ0) is 15.2. The van der Waals surface area contributed by atoms with Crippen LogP contribution in [0.5, 0.6) is 5.75 Å². The van der Waals surface area contributed by atoms with Crippen LogP contribution in [0.2, 0.25) is 0 Å². The molecular weight excluding hydrogens is 264 g/mol. The lowest BCUT2D eigenvalue weighted by Crippen LogP contribution is -2.12. The summed E-state index contributed by atoms with van der Waals surface area (Å²) in [6, 6.07) is 8.02. The van der Waals surface area contributed by atoms with E-state index < -0.39 is 0 Å². The van der Waals surface area contributed by atoms with Crippen LogP contribution in [0, 0.1) is 0 Å². The van der Waals surface area contributed by atoms with Crippen LogP contribution < -0.4 is 15.8 Å². The third-order valence-electron chi connectivity index (χ3n) is 3.37. The van der Waals surface area contributed by atoms with Crippen LogP contribution in [0.4, 0.5) is 11.6 Å². The SMILES string of the molecule is COc1ccccc1CCNc1ncnc(N)c1C(C)C. The molecule has 21 heavy (non-hydrogen) atoms. The number of aromatic nitrogens is 2. The molecule has 3 N–H and O–H groups in total. The van der Waals surface area contributed by atoms with E-state index in [1.165, 1.54) is 11.9 Å². The van der Waals surface area contributed by atoms with E-state index in [0.717, 1.165) is 30.1 Å². The highest BCUT2D eigenvalue weighted by Gasteiger charge is 2.12. The van der Waals surface area contributed by atoms with Gasteiger partial charge in [-0.2, -0.15) is 0 Å². The first-order chi connectivity index (χ1) is 10.1. The number of methoxy groups -OCH3 is 1. The fraction of sp³-hybridized carbons (Fsp3) is 0.375. The second kappa shape index (κ2) is 6.92. The summed E-state index contributed by atoms with van der Waals surface area (Å²) in [5, 5.41) is 3.35. The predicted molar refractivity (Wildman–Crippen MR) is 85.7 cm³/mol. The highest BCUT2D eigenvalue weighted by atomic mass is 16.5. The van der Waals surface area contributed by atoms with Gasteiger partial charge in [-0.3, -0.25) is 0 Å². The molecule has 1 aromatic carbocycles. The summed E-state index contributed by atoms with van der Waals surface area (Å²) in [6.07, 6.45) is 2.35. The predicted octanol–water partition coefficient (Wildman–Crippen LogP) is 2.85. The number of nitrogens with two attached hydrogens (primary N) is 1. The summed E-state index contributed by atoms with van der Waals surface area (Å²) in [5.41, 5.74) is 8.08. The Kier molecular flexibility index (Phi) is 4.98. The summed E-state index contributed by atoms with van der Waals surface area (Å²) in [5.74, 6) is 2.54. The van der Waals surface area contributed by atoms with Crippen molar-refractivity contribution in [2.75, 3.05) is 24.7 Å². The minimum atomic E-state index is 0.278. The molecular formula is C16H22N4O. The number of rotatable bonds is 6. The van der Waals surface area contributed by atoms with E-state index in [2.05, 4.69) is 35.2 Å². The Morgan fingerprint density at radius 2 is 2.00 bits per heavy atom. The second-order valence-electron chi connectivity index (χ2n) is 5.16. The van der Waals surface area contributed by atoms with Crippen LogP contribution >= 0.6 is 0 Å². The van der Waals surface area contributed by atoms with E-state index in [9.17, 15) is 0 Å². The number of para-hydroxylation sites is 1. The Hall–Kier alpha value is -2.30. The van der Waals surface area contributed by atoms with E-state index in [0.29, 0.717) is 5.82 Å². The van der Waals surface area contributed by atoms with Gasteiger partial charge in [0.05, 0.1) is 7.11 Å². The molecule has 1 aromatic heterocycles. The summed E-state index contributed by atoms with van der Waals surface area (Å²) in [6.45, 7) is 4.93. The first-order valence-electron chi connectivity index (χ1n) is 7.09. The molecule has 0 amide bonds. The van der Waals surface area contributed by atoms with Crippen LogP contribution in [-0.4, -0.2) is 23.6 Å². The number of hydrogen-bond acceptors (Lipinski definition) is 5. The molecule has 0 aliphatic rings. The molecule has 0 saturated carbocycles. The van der Waals surface area contributed by atoms with Gasteiger partial charge in [0.15, 0.2) is 0 Å². The maximum absolute atomic E-state index is 5.94. The second-order valence-corrected chi connectivity index (χ2v) is 5.16. The van der Waals surface area contributed by atoms with Crippen molar-refractivity contribution in [1.82, 2.24) is 9.97 Å². The Morgan fingerprint density at radius 3 is 2.71 bits per heavy atom. The maximum Gasteiger partial charge on any atom is 0.134 e. The van der Waals surface area contributed by atoms with Gasteiger partial charge in [0.25, 0.3) is 0 Å². The van der Waals surface area contributed by atoms with Crippen LogP contribution in [-0.2, 0) is 6.42 Å². The van der Waals surface area contributed by atoms with Crippen molar-refractivity contribution >= 4 is 11.6 Å². The molecule has 2 aromatic rings. The fourth-order valence-electron chi connectivity index (χ4n) is 2.34. The lowest BCUT2D eigenvalue weighted by Gasteiger charge is -2.15. The van der Waals surface area contributed by atoms with Crippen LogP contribution in [0.1, 0.15) is 30.9 Å². The number of benzene rings is 1. The highest BCUT2D eigenvalue weighted by molar-refractivity contribution is 5.56. The topological polar surface area (TPSA) is 73.1 Å². The molecule has 0 saturated heterocycles. The fourth-order valence-corrected chi connectivity index (χ4v) is 2.34. The van der Waals surface area contributed by atoms with Crippen LogP contribution in [0.25, 0.3) is 0 Å². The van der Waals surface area contributed by atoms with Gasteiger partial charge in [0.2, 0.25) is 0 Å². The van der Waals surface area contributed by atoms with Crippen molar-refractivity contribution in [3.63, 3.8) is 0 Å². The molecule has 0 atom stereocenters. The van der Waals surface area contributed by atoms with Crippen molar-refractivity contribution in [2.45, 2.75) is 26.2 Å². The zero-order valence-electron chi connectivity index (χ0n) is 12.8. The van der Waals surface area contributed by atoms with Gasteiger partial charge in [-0.15, -0.1) is 0 Å². The van der Waals surface area contributed by atoms with E-state index >= 15 is 0 Å². The average Bonchev–Trinajstić information content (AvgIpc) is 2.47. The van der Waals surface area contributed by atoms with E-state index in [-0.39, 0.29) is 5.92 Å². The molecule has 0 unspecified atom stereocenters. The van der Waals surface area contributed by atoms with E-state index in [4.69, 9.17) is 10.5 Å². The van der Waals surface area contributed by atoms with Crippen molar-refractivity contribution < 1.29 is 4.74 Å². The van der Waals surface area contributed by atoms with E-state index in [1.807, 2.05) is 18.2 Å². The van der Waals surface area contributed by atoms with Crippen molar-refractivity contribution in [1.29, 1.82) is 0 Å². The lowest BCUT2D eigenvalue weighted by atomic mass is 10.0. The Morgan fingerprint density at radius 1 is 1.24 bits per heavy atom. The van der Waals surface area contributed by atoms with Gasteiger partial charge in [0.1, 0.15) is 23.7 Å². The largest absolute Gasteiger partial charge is 0.496 e. The quantitative estimate of drug-likeness (QED) is 0.854. The molecule has 0 aliphatic heterocycles. The summed E-state index contributed by atoms with van der Waals surface area (Å²) >= 11 is 0. The Balaban J connectivity index is 2.06. The van der Waals surface area contributed by atoms with Gasteiger partial charge in [-0.1, -0.05) is 32.0 Å². The number of nitrogens with zero attached hydrogens (tertiary/aromatic N) is 2. The Bertz CT molecular complexity index is 599. The standard InChI is InChI=1S/C16H22N4O/c1-11(2)14-15(17)19-10-20-16(14)18-9-8-12-6-4-5-7-13(12)21-3/h4-7,10-11H,8-9H2,1-3H3,(H3,17,18,19,20). The minimum absolute atomic E-state index is 0.278. The van der Waals surface area contributed by atoms with Gasteiger partial charge < -0.3 is 15.8 Å². The molecule has 0 aliphatic carbocycles. The normalized spacial score (nSPS) is 10.7. The molecule has 2 rings (SSSR count). The summed E-state index contributed by atoms with van der Waals surface area (Å²) < 4.78 is 5.36. The first-order valence-corrected chi connectivity index (χ1v) is 7.09. The first kappa shape index (κ1) is 15.1. The smallest absolute Gasteiger partial charge is 0.134 e. The molecule has 0 radical (unpaired) electrons. The Labute approximate surface area is 125 Å². The monoisotopic (exact) mass is 286 g/mol.